The Hall–Kier alpha value is 0.170. The molecule has 0 aromatic rings. The Kier molecular flexibility index (Phi) is 7.79. The van der Waals surface area contributed by atoms with E-state index in [1.807, 2.05) is 0 Å². The van der Waals surface area contributed by atoms with E-state index in [4.69, 9.17) is 4.74 Å². The normalized spacial score (nSPS) is 27.4. The van der Waals surface area contributed by atoms with Crippen molar-refractivity contribution in [3.63, 3.8) is 0 Å². The van der Waals surface area contributed by atoms with Crippen molar-refractivity contribution in [3.8, 4) is 0 Å². The Morgan fingerprint density at radius 1 is 0.810 bits per heavy atom. The van der Waals surface area contributed by atoms with Crippen molar-refractivity contribution in [2.24, 2.45) is 5.92 Å². The molecule has 0 atom stereocenters. The van der Waals surface area contributed by atoms with Gasteiger partial charge in [-0.3, -0.25) is 0 Å². The molecule has 0 aromatic heterocycles. The zero-order valence-corrected chi connectivity index (χ0v) is 14.2. The van der Waals surface area contributed by atoms with Gasteiger partial charge in [-0.1, -0.05) is 19.3 Å². The van der Waals surface area contributed by atoms with E-state index in [2.05, 4.69) is 10.2 Å². The van der Waals surface area contributed by atoms with E-state index in [1.54, 1.807) is 0 Å². The standard InChI is InChI=1S/C17H32N2O.ClH/c1-2-4-16(5-3-1)20-17-8-12-19(13-9-17)14-15-6-10-18-11-7-15;/h15-18H,1-14H2;1H. The maximum Gasteiger partial charge on any atom is 0.0603 e. The van der Waals surface area contributed by atoms with Gasteiger partial charge in [0.15, 0.2) is 0 Å². The summed E-state index contributed by atoms with van der Waals surface area (Å²) in [4.78, 5) is 2.69. The van der Waals surface area contributed by atoms with Gasteiger partial charge in [-0.2, -0.15) is 0 Å². The molecule has 0 aromatic carbocycles. The van der Waals surface area contributed by atoms with Gasteiger partial charge in [0.05, 0.1) is 12.2 Å². The Labute approximate surface area is 136 Å². The molecule has 2 heterocycles. The number of nitrogens with zero attached hydrogens (tertiary/aromatic N) is 1. The highest BCUT2D eigenvalue weighted by Crippen LogP contribution is 2.25. The minimum absolute atomic E-state index is 0. The number of rotatable bonds is 4. The lowest BCUT2D eigenvalue weighted by atomic mass is 9.95. The van der Waals surface area contributed by atoms with Gasteiger partial charge in [-0.25, -0.2) is 0 Å². The monoisotopic (exact) mass is 316 g/mol. The van der Waals surface area contributed by atoms with Crippen molar-refractivity contribution < 1.29 is 4.74 Å². The molecule has 0 amide bonds. The molecular formula is C17H33ClN2O. The van der Waals surface area contributed by atoms with Crippen molar-refractivity contribution in [3.05, 3.63) is 0 Å². The summed E-state index contributed by atoms with van der Waals surface area (Å²) in [6, 6.07) is 0. The molecule has 3 nitrogen and oxygen atoms in total. The summed E-state index contributed by atoms with van der Waals surface area (Å²) in [5.41, 5.74) is 0. The molecule has 0 spiro atoms. The van der Waals surface area contributed by atoms with Gasteiger partial charge < -0.3 is 15.0 Å². The highest BCUT2D eigenvalue weighted by molar-refractivity contribution is 5.85. The smallest absolute Gasteiger partial charge is 0.0603 e. The maximum absolute atomic E-state index is 6.33. The second kappa shape index (κ2) is 9.34. The predicted octanol–water partition coefficient (Wildman–Crippen LogP) is 3.22. The van der Waals surface area contributed by atoms with Crippen molar-refractivity contribution >= 4 is 12.4 Å². The average molecular weight is 317 g/mol. The van der Waals surface area contributed by atoms with Gasteiger partial charge in [-0.15, -0.1) is 12.4 Å². The molecule has 4 heteroatoms. The number of likely N-dealkylation sites (tertiary alicyclic amines) is 1. The zero-order valence-electron chi connectivity index (χ0n) is 13.4. The van der Waals surface area contributed by atoms with Crippen LogP contribution in [0.2, 0.25) is 0 Å². The Morgan fingerprint density at radius 3 is 2.10 bits per heavy atom. The number of halogens is 1. The van der Waals surface area contributed by atoms with Crippen LogP contribution < -0.4 is 5.32 Å². The minimum Gasteiger partial charge on any atom is -0.375 e. The van der Waals surface area contributed by atoms with E-state index in [1.165, 1.54) is 90.5 Å². The summed E-state index contributed by atoms with van der Waals surface area (Å²) in [7, 11) is 0. The highest BCUT2D eigenvalue weighted by atomic mass is 35.5. The van der Waals surface area contributed by atoms with Gasteiger partial charge in [0.2, 0.25) is 0 Å². The first-order valence-corrected chi connectivity index (χ1v) is 8.98. The lowest BCUT2D eigenvalue weighted by Gasteiger charge is -2.37. The fraction of sp³-hybridized carbons (Fsp3) is 1.00. The van der Waals surface area contributed by atoms with Crippen LogP contribution in [0.3, 0.4) is 0 Å². The third-order valence-electron chi connectivity index (χ3n) is 5.45. The summed E-state index contributed by atoms with van der Waals surface area (Å²) < 4.78 is 6.33. The van der Waals surface area contributed by atoms with Gasteiger partial charge in [0.25, 0.3) is 0 Å². The molecule has 1 saturated carbocycles. The third-order valence-corrected chi connectivity index (χ3v) is 5.45. The van der Waals surface area contributed by atoms with Crippen molar-refractivity contribution in [1.82, 2.24) is 10.2 Å². The highest BCUT2D eigenvalue weighted by Gasteiger charge is 2.25. The van der Waals surface area contributed by atoms with Crippen molar-refractivity contribution in [2.75, 3.05) is 32.7 Å². The maximum atomic E-state index is 6.33. The van der Waals surface area contributed by atoms with E-state index >= 15 is 0 Å². The molecule has 0 radical (unpaired) electrons. The summed E-state index contributed by atoms with van der Waals surface area (Å²) in [6.45, 7) is 6.32. The quantitative estimate of drug-likeness (QED) is 0.862. The van der Waals surface area contributed by atoms with E-state index in [0.29, 0.717) is 12.2 Å². The first-order valence-electron chi connectivity index (χ1n) is 8.98. The second-order valence-corrected chi connectivity index (χ2v) is 7.09. The molecule has 0 bridgehead atoms. The van der Waals surface area contributed by atoms with Gasteiger partial charge in [-0.05, 0) is 57.5 Å². The van der Waals surface area contributed by atoms with Gasteiger partial charge in [0, 0.05) is 19.6 Å². The van der Waals surface area contributed by atoms with Crippen LogP contribution in [0.25, 0.3) is 0 Å². The van der Waals surface area contributed by atoms with E-state index in [9.17, 15) is 0 Å². The van der Waals surface area contributed by atoms with E-state index in [-0.39, 0.29) is 12.4 Å². The molecule has 3 fully saturated rings. The van der Waals surface area contributed by atoms with Crippen molar-refractivity contribution in [2.45, 2.75) is 70.0 Å². The minimum atomic E-state index is 0. The molecule has 2 saturated heterocycles. The number of nitrogens with one attached hydrogen (secondary N) is 1. The van der Waals surface area contributed by atoms with Gasteiger partial charge >= 0.3 is 0 Å². The Balaban J connectivity index is 0.00000161. The largest absolute Gasteiger partial charge is 0.375 e. The topological polar surface area (TPSA) is 24.5 Å². The lowest BCUT2D eigenvalue weighted by Crippen LogP contribution is -2.42. The SMILES string of the molecule is C1CCC(OC2CCN(CC3CCNCC3)CC2)CC1.Cl. The van der Waals surface area contributed by atoms with Crippen LogP contribution in [0.1, 0.15) is 57.8 Å². The number of hydrogen-bond acceptors (Lipinski definition) is 3. The zero-order chi connectivity index (χ0) is 13.6. The summed E-state index contributed by atoms with van der Waals surface area (Å²) >= 11 is 0. The van der Waals surface area contributed by atoms with Crippen molar-refractivity contribution in [1.29, 1.82) is 0 Å². The van der Waals surface area contributed by atoms with E-state index < -0.39 is 0 Å². The number of hydrogen-bond donors (Lipinski definition) is 1. The molecular weight excluding hydrogens is 284 g/mol. The number of piperidine rings is 2. The molecule has 1 aliphatic carbocycles. The fourth-order valence-corrected chi connectivity index (χ4v) is 4.13. The lowest BCUT2D eigenvalue weighted by molar-refractivity contribution is -0.0572. The number of ether oxygens (including phenoxy) is 1. The molecule has 21 heavy (non-hydrogen) atoms. The predicted molar refractivity (Wildman–Crippen MR) is 90.3 cm³/mol. The van der Waals surface area contributed by atoms with Crippen LogP contribution in [0.4, 0.5) is 0 Å². The Bertz CT molecular complexity index is 242. The van der Waals surface area contributed by atoms with Crippen LogP contribution in [0.15, 0.2) is 0 Å². The molecule has 3 rings (SSSR count). The molecule has 0 unspecified atom stereocenters. The van der Waals surface area contributed by atoms with Crippen LogP contribution in [-0.2, 0) is 4.74 Å². The summed E-state index contributed by atoms with van der Waals surface area (Å²) in [6.07, 6.45) is 13.3. The first-order chi connectivity index (χ1) is 9.90. The second-order valence-electron chi connectivity index (χ2n) is 7.09. The third kappa shape index (κ3) is 5.70. The molecule has 1 N–H and O–H groups in total. The van der Waals surface area contributed by atoms with Crippen LogP contribution >= 0.6 is 12.4 Å². The van der Waals surface area contributed by atoms with Crippen LogP contribution in [0.5, 0.6) is 0 Å². The molecule has 124 valence electrons. The Morgan fingerprint density at radius 2 is 1.43 bits per heavy atom. The summed E-state index contributed by atoms with van der Waals surface area (Å²) in [5.74, 6) is 0.937. The van der Waals surface area contributed by atoms with Crippen LogP contribution in [0, 0.1) is 5.92 Å². The fourth-order valence-electron chi connectivity index (χ4n) is 4.13. The first kappa shape index (κ1) is 17.5. The molecule has 2 aliphatic heterocycles. The average Bonchev–Trinajstić information content (AvgIpc) is 2.51. The molecule has 3 aliphatic rings. The van der Waals surface area contributed by atoms with E-state index in [0.717, 1.165) is 5.92 Å². The van der Waals surface area contributed by atoms with Gasteiger partial charge in [0.1, 0.15) is 0 Å². The van der Waals surface area contributed by atoms with Crippen LogP contribution in [-0.4, -0.2) is 49.8 Å². The summed E-state index contributed by atoms with van der Waals surface area (Å²) in [5, 5.41) is 3.47.